The van der Waals surface area contributed by atoms with Gasteiger partial charge in [0.05, 0.1) is 0 Å². The summed E-state index contributed by atoms with van der Waals surface area (Å²) in [6.45, 7) is 0.0102. The molecule has 0 aliphatic heterocycles. The van der Waals surface area contributed by atoms with E-state index in [1.54, 1.807) is 0 Å². The Morgan fingerprint density at radius 3 is 2.56 bits per heavy atom. The van der Waals surface area contributed by atoms with Gasteiger partial charge in [-0.1, -0.05) is 49.7 Å². The Hall–Kier alpha value is -1.96. The van der Waals surface area contributed by atoms with Crippen LogP contribution in [0.5, 0.6) is 0 Å². The van der Waals surface area contributed by atoms with E-state index < -0.39 is 12.1 Å². The quantitative estimate of drug-likeness (QED) is 0.479. The first-order chi connectivity index (χ1) is 11.9. The second-order valence-corrected chi connectivity index (χ2v) is 6.52. The van der Waals surface area contributed by atoms with Crippen molar-refractivity contribution in [2.24, 2.45) is 5.92 Å². The van der Waals surface area contributed by atoms with E-state index in [0.29, 0.717) is 18.8 Å². The van der Waals surface area contributed by atoms with Crippen LogP contribution in [0, 0.1) is 17.8 Å². The number of amides is 1. The van der Waals surface area contributed by atoms with Crippen molar-refractivity contribution < 1.29 is 18.0 Å². The van der Waals surface area contributed by atoms with Gasteiger partial charge < -0.3 is 5.32 Å². The number of hydrogen-bond donors (Lipinski definition) is 1. The van der Waals surface area contributed by atoms with Crippen LogP contribution in [-0.2, 0) is 11.2 Å². The highest BCUT2D eigenvalue weighted by Gasteiger charge is 2.38. The number of carbonyl (C=O) groups excluding carboxylic acids is 1. The fraction of sp³-hybridized carbons (Fsp3) is 0.550. The molecule has 2 rings (SSSR count). The second-order valence-electron chi connectivity index (χ2n) is 6.52. The maximum absolute atomic E-state index is 12.1. The Balaban J connectivity index is 1.82. The molecule has 1 aromatic carbocycles. The third-order valence-electron chi connectivity index (χ3n) is 4.39. The first-order valence-corrected chi connectivity index (χ1v) is 8.90. The highest BCUT2D eigenvalue weighted by molar-refractivity contribution is 5.81. The van der Waals surface area contributed by atoms with Crippen LogP contribution in [-0.4, -0.2) is 18.6 Å². The molecular formula is C20H24F3NO. The Morgan fingerprint density at radius 2 is 1.88 bits per heavy atom. The van der Waals surface area contributed by atoms with E-state index in [1.165, 1.54) is 38.5 Å². The highest BCUT2D eigenvalue weighted by atomic mass is 19.4. The van der Waals surface area contributed by atoms with E-state index >= 15 is 0 Å². The standard InChI is InChI=1S/C20H24F3NO/c21-20(22,23)19(25)24-14-6-11-17-9-5-10-18(15-17)13-12-16-7-3-1-2-4-8-16/h5,9-10,15-16H,1-4,6-8,11,14H2,(H,24,25). The van der Waals surface area contributed by atoms with Gasteiger partial charge in [0, 0.05) is 18.0 Å². The molecule has 1 aromatic rings. The number of aryl methyl sites for hydroxylation is 1. The monoisotopic (exact) mass is 351 g/mol. The van der Waals surface area contributed by atoms with E-state index in [0.717, 1.165) is 11.1 Å². The van der Waals surface area contributed by atoms with Crippen LogP contribution < -0.4 is 5.32 Å². The average molecular weight is 351 g/mol. The molecule has 5 heteroatoms. The molecule has 1 aliphatic carbocycles. The highest BCUT2D eigenvalue weighted by Crippen LogP contribution is 2.22. The molecular weight excluding hydrogens is 327 g/mol. The van der Waals surface area contributed by atoms with E-state index in [2.05, 4.69) is 11.8 Å². The molecule has 0 spiro atoms. The van der Waals surface area contributed by atoms with Crippen molar-refractivity contribution in [1.29, 1.82) is 0 Å². The minimum absolute atomic E-state index is 0.0102. The largest absolute Gasteiger partial charge is 0.471 e. The smallest absolute Gasteiger partial charge is 0.348 e. The maximum atomic E-state index is 12.1. The zero-order chi connectivity index (χ0) is 18.1. The molecule has 0 unspecified atom stereocenters. The van der Waals surface area contributed by atoms with Crippen LogP contribution in [0.25, 0.3) is 0 Å². The third-order valence-corrected chi connectivity index (χ3v) is 4.39. The summed E-state index contributed by atoms with van der Waals surface area (Å²) in [5, 5.41) is 1.89. The van der Waals surface area contributed by atoms with Gasteiger partial charge in [0.1, 0.15) is 0 Å². The normalized spacial score (nSPS) is 15.8. The summed E-state index contributed by atoms with van der Waals surface area (Å²) in [5.74, 6) is 5.21. The molecule has 0 saturated heterocycles. The summed E-state index contributed by atoms with van der Waals surface area (Å²) in [6.07, 6.45) is 3.71. The molecule has 0 bridgehead atoms. The summed E-state index contributed by atoms with van der Waals surface area (Å²) in [6, 6.07) is 7.79. The van der Waals surface area contributed by atoms with Crippen LogP contribution in [0.3, 0.4) is 0 Å². The van der Waals surface area contributed by atoms with Crippen molar-refractivity contribution >= 4 is 5.91 Å². The molecule has 1 amide bonds. The lowest BCUT2D eigenvalue weighted by molar-refractivity contribution is -0.173. The molecule has 1 N–H and O–H groups in total. The van der Waals surface area contributed by atoms with Crippen LogP contribution >= 0.6 is 0 Å². The summed E-state index contributed by atoms with van der Waals surface area (Å²) in [7, 11) is 0. The van der Waals surface area contributed by atoms with E-state index in [4.69, 9.17) is 0 Å². The van der Waals surface area contributed by atoms with Crippen molar-refractivity contribution in [3.8, 4) is 11.8 Å². The molecule has 25 heavy (non-hydrogen) atoms. The van der Waals surface area contributed by atoms with Crippen molar-refractivity contribution in [1.82, 2.24) is 5.32 Å². The molecule has 1 fully saturated rings. The number of alkyl halides is 3. The van der Waals surface area contributed by atoms with Crippen molar-refractivity contribution in [2.75, 3.05) is 6.54 Å². The van der Waals surface area contributed by atoms with Gasteiger partial charge in [-0.05, 0) is 43.4 Å². The minimum Gasteiger partial charge on any atom is -0.348 e. The fourth-order valence-electron chi connectivity index (χ4n) is 3.01. The van der Waals surface area contributed by atoms with Gasteiger partial charge in [0.25, 0.3) is 0 Å². The molecule has 0 aromatic heterocycles. The van der Waals surface area contributed by atoms with E-state index in [1.807, 2.05) is 29.6 Å². The topological polar surface area (TPSA) is 29.1 Å². The molecule has 2 nitrogen and oxygen atoms in total. The Morgan fingerprint density at radius 1 is 1.16 bits per heavy atom. The van der Waals surface area contributed by atoms with Gasteiger partial charge in [0.2, 0.25) is 0 Å². The summed E-state index contributed by atoms with van der Waals surface area (Å²) < 4.78 is 36.3. The fourth-order valence-corrected chi connectivity index (χ4v) is 3.01. The molecule has 1 aliphatic rings. The lowest BCUT2D eigenvalue weighted by atomic mass is 10.00. The van der Waals surface area contributed by atoms with Crippen LogP contribution in [0.1, 0.15) is 56.1 Å². The predicted octanol–water partition coefficient (Wildman–Crippen LogP) is 4.62. The molecule has 0 radical (unpaired) electrons. The second kappa shape index (κ2) is 9.50. The zero-order valence-electron chi connectivity index (χ0n) is 14.3. The SMILES string of the molecule is O=C(NCCCc1cccc(C#CC2CCCCCC2)c1)C(F)(F)F. The first kappa shape index (κ1) is 19.4. The summed E-state index contributed by atoms with van der Waals surface area (Å²) in [4.78, 5) is 10.7. The van der Waals surface area contributed by atoms with Gasteiger partial charge in [-0.3, -0.25) is 4.79 Å². The minimum atomic E-state index is -4.81. The number of nitrogens with one attached hydrogen (secondary N) is 1. The number of halogens is 3. The lowest BCUT2D eigenvalue weighted by Crippen LogP contribution is -2.37. The van der Waals surface area contributed by atoms with Gasteiger partial charge in [0.15, 0.2) is 0 Å². The number of benzene rings is 1. The maximum Gasteiger partial charge on any atom is 0.471 e. The van der Waals surface area contributed by atoms with E-state index in [-0.39, 0.29) is 6.54 Å². The Kier molecular flexibility index (Phi) is 7.36. The van der Waals surface area contributed by atoms with Crippen molar-refractivity contribution in [3.05, 3.63) is 35.4 Å². The first-order valence-electron chi connectivity index (χ1n) is 8.90. The molecule has 0 atom stereocenters. The van der Waals surface area contributed by atoms with Gasteiger partial charge in [-0.15, -0.1) is 0 Å². The lowest BCUT2D eigenvalue weighted by Gasteiger charge is -2.08. The molecule has 136 valence electrons. The van der Waals surface area contributed by atoms with Crippen LogP contribution in [0.4, 0.5) is 13.2 Å². The van der Waals surface area contributed by atoms with E-state index in [9.17, 15) is 18.0 Å². The van der Waals surface area contributed by atoms with Crippen LogP contribution in [0.15, 0.2) is 24.3 Å². The summed E-state index contributed by atoms with van der Waals surface area (Å²) in [5.41, 5.74) is 1.97. The predicted molar refractivity (Wildman–Crippen MR) is 91.9 cm³/mol. The number of hydrogen-bond acceptors (Lipinski definition) is 1. The molecule has 0 heterocycles. The van der Waals surface area contributed by atoms with Crippen molar-refractivity contribution in [3.63, 3.8) is 0 Å². The number of rotatable bonds is 4. The van der Waals surface area contributed by atoms with Gasteiger partial charge in [-0.25, -0.2) is 0 Å². The number of carbonyl (C=O) groups is 1. The third kappa shape index (κ3) is 7.21. The van der Waals surface area contributed by atoms with Gasteiger partial charge >= 0.3 is 12.1 Å². The van der Waals surface area contributed by atoms with Crippen LogP contribution in [0.2, 0.25) is 0 Å². The molecule has 1 saturated carbocycles. The summed E-state index contributed by atoms with van der Waals surface area (Å²) >= 11 is 0. The van der Waals surface area contributed by atoms with Crippen molar-refractivity contribution in [2.45, 2.75) is 57.5 Å². The zero-order valence-corrected chi connectivity index (χ0v) is 14.3. The average Bonchev–Trinajstić information content (AvgIpc) is 2.85. The Bertz CT molecular complexity index is 620. The van der Waals surface area contributed by atoms with Gasteiger partial charge in [-0.2, -0.15) is 13.2 Å². The Labute approximate surface area is 147 Å².